The van der Waals surface area contributed by atoms with Gasteiger partial charge in [0.05, 0.1) is 6.61 Å². The lowest BCUT2D eigenvalue weighted by Gasteiger charge is -2.32. The average Bonchev–Trinajstić information content (AvgIpc) is 2.48. The summed E-state index contributed by atoms with van der Waals surface area (Å²) >= 11 is 0. The Hall–Kier alpha value is -1.40. The monoisotopic (exact) mass is 279 g/mol. The van der Waals surface area contributed by atoms with E-state index in [2.05, 4.69) is 39.1 Å². The highest BCUT2D eigenvalue weighted by Crippen LogP contribution is 2.11. The number of nitrogens with zero attached hydrogens (tertiary/aromatic N) is 4. The molecule has 1 aliphatic rings. The van der Waals surface area contributed by atoms with Crippen LogP contribution in [0.3, 0.4) is 0 Å². The molecule has 20 heavy (non-hydrogen) atoms. The van der Waals surface area contributed by atoms with Crippen molar-refractivity contribution in [3.05, 3.63) is 12.4 Å². The van der Waals surface area contributed by atoms with Gasteiger partial charge in [0, 0.05) is 45.3 Å². The van der Waals surface area contributed by atoms with Gasteiger partial charge in [-0.1, -0.05) is 6.92 Å². The first-order valence-corrected chi connectivity index (χ1v) is 7.37. The number of hydrogen-bond acceptors (Lipinski definition) is 6. The highest BCUT2D eigenvalue weighted by atomic mass is 16.5. The fourth-order valence-electron chi connectivity index (χ4n) is 2.14. The Morgan fingerprint density at radius 2 is 2.05 bits per heavy atom. The Bertz CT molecular complexity index is 393. The van der Waals surface area contributed by atoms with Crippen LogP contribution < -0.4 is 10.1 Å². The first-order chi connectivity index (χ1) is 9.78. The Balaban J connectivity index is 1.70. The summed E-state index contributed by atoms with van der Waals surface area (Å²) < 4.78 is 5.50. The second-order valence-corrected chi connectivity index (χ2v) is 5.16. The molecular weight excluding hydrogens is 254 g/mol. The van der Waals surface area contributed by atoms with Gasteiger partial charge >= 0.3 is 0 Å². The molecule has 112 valence electrons. The summed E-state index contributed by atoms with van der Waals surface area (Å²) in [5.41, 5.74) is 0. The largest absolute Gasteiger partial charge is 0.478 e. The van der Waals surface area contributed by atoms with Gasteiger partial charge in [0.2, 0.25) is 5.88 Å². The van der Waals surface area contributed by atoms with Crippen LogP contribution in [0.5, 0.6) is 5.88 Å². The zero-order chi connectivity index (χ0) is 14.2. The zero-order valence-electron chi connectivity index (χ0n) is 12.5. The molecule has 0 atom stereocenters. The van der Waals surface area contributed by atoms with Crippen molar-refractivity contribution in [1.29, 1.82) is 0 Å². The topological polar surface area (TPSA) is 53.5 Å². The summed E-state index contributed by atoms with van der Waals surface area (Å²) in [6.45, 7) is 9.32. The van der Waals surface area contributed by atoms with E-state index in [-0.39, 0.29) is 0 Å². The maximum atomic E-state index is 5.50. The number of rotatable bonds is 7. The predicted octanol–water partition coefficient (Wildman–Crippen LogP) is 0.925. The van der Waals surface area contributed by atoms with Crippen LogP contribution in [0.2, 0.25) is 0 Å². The summed E-state index contributed by atoms with van der Waals surface area (Å²) in [7, 11) is 2.17. The van der Waals surface area contributed by atoms with E-state index < -0.39 is 0 Å². The van der Waals surface area contributed by atoms with E-state index >= 15 is 0 Å². The standard InChI is InChI=1S/C14H25N5O/c1-3-10-20-14-11-13(16-12-17-14)15-4-5-19-8-6-18(2)7-9-19/h11-12H,3-10H2,1-2H3,(H,15,16,17). The van der Waals surface area contributed by atoms with Gasteiger partial charge in [-0.25, -0.2) is 9.97 Å². The minimum Gasteiger partial charge on any atom is -0.478 e. The van der Waals surface area contributed by atoms with E-state index in [1.807, 2.05) is 6.07 Å². The van der Waals surface area contributed by atoms with E-state index in [0.717, 1.165) is 51.5 Å². The van der Waals surface area contributed by atoms with Crippen molar-refractivity contribution >= 4 is 5.82 Å². The lowest BCUT2D eigenvalue weighted by Crippen LogP contribution is -2.45. The molecule has 1 aromatic rings. The summed E-state index contributed by atoms with van der Waals surface area (Å²) in [5.74, 6) is 1.48. The molecule has 0 saturated carbocycles. The van der Waals surface area contributed by atoms with Gasteiger partial charge in [0.25, 0.3) is 0 Å². The fourth-order valence-corrected chi connectivity index (χ4v) is 2.14. The third kappa shape index (κ3) is 4.94. The molecule has 6 heteroatoms. The van der Waals surface area contributed by atoms with Crippen LogP contribution in [-0.2, 0) is 0 Å². The molecule has 0 aromatic carbocycles. The Labute approximate surface area is 121 Å². The molecule has 0 spiro atoms. The number of hydrogen-bond donors (Lipinski definition) is 1. The highest BCUT2D eigenvalue weighted by molar-refractivity contribution is 5.36. The van der Waals surface area contributed by atoms with Gasteiger partial charge in [-0.2, -0.15) is 0 Å². The van der Waals surface area contributed by atoms with E-state index in [1.54, 1.807) is 6.33 Å². The first-order valence-electron chi connectivity index (χ1n) is 7.37. The van der Waals surface area contributed by atoms with Gasteiger partial charge in [-0.3, -0.25) is 4.90 Å². The van der Waals surface area contributed by atoms with Crippen molar-refractivity contribution in [2.24, 2.45) is 0 Å². The van der Waals surface area contributed by atoms with Crippen molar-refractivity contribution in [3.63, 3.8) is 0 Å². The molecule has 1 aromatic heterocycles. The highest BCUT2D eigenvalue weighted by Gasteiger charge is 2.12. The first kappa shape index (κ1) is 15.0. The van der Waals surface area contributed by atoms with Crippen LogP contribution in [0, 0.1) is 0 Å². The Morgan fingerprint density at radius 1 is 1.25 bits per heavy atom. The number of aromatic nitrogens is 2. The molecule has 0 radical (unpaired) electrons. The Morgan fingerprint density at radius 3 is 2.80 bits per heavy atom. The third-order valence-corrected chi connectivity index (χ3v) is 3.43. The summed E-state index contributed by atoms with van der Waals surface area (Å²) in [5, 5.41) is 3.33. The van der Waals surface area contributed by atoms with Gasteiger partial charge < -0.3 is 15.0 Å². The fraction of sp³-hybridized carbons (Fsp3) is 0.714. The molecule has 0 amide bonds. The number of piperazine rings is 1. The predicted molar refractivity (Wildman–Crippen MR) is 80.2 cm³/mol. The smallest absolute Gasteiger partial charge is 0.218 e. The van der Waals surface area contributed by atoms with Crippen LogP contribution in [0.4, 0.5) is 5.82 Å². The molecule has 1 saturated heterocycles. The minimum absolute atomic E-state index is 0.643. The number of ether oxygens (including phenoxy) is 1. The van der Waals surface area contributed by atoms with Crippen molar-refractivity contribution < 1.29 is 4.74 Å². The molecule has 0 aliphatic carbocycles. The van der Waals surface area contributed by atoms with Crippen LogP contribution in [-0.4, -0.2) is 72.7 Å². The molecule has 1 N–H and O–H groups in total. The normalized spacial score (nSPS) is 17.1. The van der Waals surface area contributed by atoms with E-state index in [0.29, 0.717) is 12.5 Å². The van der Waals surface area contributed by atoms with Crippen LogP contribution in [0.1, 0.15) is 13.3 Å². The second kappa shape index (κ2) is 8.01. The number of likely N-dealkylation sites (N-methyl/N-ethyl adjacent to an activating group) is 1. The Kier molecular flexibility index (Phi) is 6.01. The molecular formula is C14H25N5O. The maximum absolute atomic E-state index is 5.50. The van der Waals surface area contributed by atoms with Gasteiger partial charge in [0.1, 0.15) is 12.1 Å². The lowest BCUT2D eigenvalue weighted by molar-refractivity contribution is 0.158. The van der Waals surface area contributed by atoms with E-state index in [9.17, 15) is 0 Å². The molecule has 0 bridgehead atoms. The van der Waals surface area contributed by atoms with Gasteiger partial charge in [0.15, 0.2) is 0 Å². The molecule has 6 nitrogen and oxygen atoms in total. The quantitative estimate of drug-likeness (QED) is 0.801. The molecule has 1 fully saturated rings. The summed E-state index contributed by atoms with van der Waals surface area (Å²) in [6.07, 6.45) is 2.53. The van der Waals surface area contributed by atoms with E-state index in [4.69, 9.17) is 4.74 Å². The molecule has 2 heterocycles. The molecule has 1 aliphatic heterocycles. The molecule has 0 unspecified atom stereocenters. The zero-order valence-corrected chi connectivity index (χ0v) is 12.5. The van der Waals surface area contributed by atoms with Crippen molar-refractivity contribution in [2.45, 2.75) is 13.3 Å². The number of anilines is 1. The third-order valence-electron chi connectivity index (χ3n) is 3.43. The van der Waals surface area contributed by atoms with Crippen molar-refractivity contribution in [2.75, 3.05) is 58.2 Å². The number of nitrogens with one attached hydrogen (secondary N) is 1. The van der Waals surface area contributed by atoms with Crippen molar-refractivity contribution in [1.82, 2.24) is 19.8 Å². The average molecular weight is 279 g/mol. The van der Waals surface area contributed by atoms with Crippen LogP contribution >= 0.6 is 0 Å². The summed E-state index contributed by atoms with van der Waals surface area (Å²) in [4.78, 5) is 13.1. The SMILES string of the molecule is CCCOc1cc(NCCN2CCN(C)CC2)ncn1. The molecule has 2 rings (SSSR count). The van der Waals surface area contributed by atoms with Crippen molar-refractivity contribution in [3.8, 4) is 5.88 Å². The van der Waals surface area contributed by atoms with Gasteiger partial charge in [-0.15, -0.1) is 0 Å². The second-order valence-electron chi connectivity index (χ2n) is 5.16. The van der Waals surface area contributed by atoms with E-state index in [1.165, 1.54) is 0 Å². The van der Waals surface area contributed by atoms with Crippen LogP contribution in [0.15, 0.2) is 12.4 Å². The maximum Gasteiger partial charge on any atom is 0.218 e. The van der Waals surface area contributed by atoms with Crippen LogP contribution in [0.25, 0.3) is 0 Å². The minimum atomic E-state index is 0.643. The lowest BCUT2D eigenvalue weighted by atomic mass is 10.3. The van der Waals surface area contributed by atoms with Gasteiger partial charge in [-0.05, 0) is 13.5 Å². The summed E-state index contributed by atoms with van der Waals surface area (Å²) in [6, 6.07) is 1.86.